The molecule has 1 aliphatic rings. The molecule has 0 unspecified atom stereocenters. The van der Waals surface area contributed by atoms with Gasteiger partial charge >= 0.3 is 5.97 Å². The fourth-order valence-electron chi connectivity index (χ4n) is 4.09. The molecule has 0 fully saturated rings. The lowest BCUT2D eigenvalue weighted by atomic mass is 9.88. The normalized spacial score (nSPS) is 14.8. The van der Waals surface area contributed by atoms with Crippen molar-refractivity contribution in [2.75, 3.05) is 11.4 Å². The van der Waals surface area contributed by atoms with Gasteiger partial charge in [0.15, 0.2) is 0 Å². The van der Waals surface area contributed by atoms with Gasteiger partial charge in [0.1, 0.15) is 18.0 Å². The zero-order valence-corrected chi connectivity index (χ0v) is 19.8. The largest absolute Gasteiger partial charge is 0.489 e. The Balaban J connectivity index is 1.75. The number of nitrogens with two attached hydrogens (primary N) is 1. The van der Waals surface area contributed by atoms with Crippen molar-refractivity contribution in [1.29, 1.82) is 0 Å². The number of anilines is 1. The molecule has 6 nitrogen and oxygen atoms in total. The van der Waals surface area contributed by atoms with Gasteiger partial charge in [-0.25, -0.2) is 4.79 Å². The average Bonchev–Trinajstić information content (AvgIpc) is 3.25. The Bertz CT molecular complexity index is 1190. The van der Waals surface area contributed by atoms with Crippen LogP contribution in [0.15, 0.2) is 78.9 Å². The Morgan fingerprint density at radius 1 is 0.912 bits per heavy atom. The van der Waals surface area contributed by atoms with Crippen LogP contribution in [0.1, 0.15) is 37.5 Å². The third-order valence-corrected chi connectivity index (χ3v) is 5.74. The maximum Gasteiger partial charge on any atom is 0.341 e. The average molecular weight is 459 g/mol. The molecule has 176 valence electrons. The lowest BCUT2D eigenvalue weighted by molar-refractivity contribution is -0.164. The summed E-state index contributed by atoms with van der Waals surface area (Å²) in [7, 11) is 0. The topological polar surface area (TPSA) is 81.9 Å². The predicted octanol–water partition coefficient (Wildman–Crippen LogP) is 4.35. The van der Waals surface area contributed by atoms with Crippen molar-refractivity contribution in [1.82, 2.24) is 0 Å². The molecule has 1 amide bonds. The summed E-state index contributed by atoms with van der Waals surface area (Å²) < 4.78 is 11.8. The SMILES string of the molecule is CC(C)(C)OC(=O)[C@@](N)(C(=O)N1CCc2ccccc21)c1ccccc1OCc1ccccc1. The molecule has 6 heteroatoms. The van der Waals surface area contributed by atoms with Crippen LogP contribution in [0.4, 0.5) is 5.69 Å². The Morgan fingerprint density at radius 3 is 2.29 bits per heavy atom. The van der Waals surface area contributed by atoms with Gasteiger partial charge < -0.3 is 20.1 Å². The van der Waals surface area contributed by atoms with E-state index in [9.17, 15) is 9.59 Å². The molecule has 4 rings (SSSR count). The van der Waals surface area contributed by atoms with Crippen molar-refractivity contribution in [2.45, 2.75) is 44.9 Å². The summed E-state index contributed by atoms with van der Waals surface area (Å²) in [6, 6.07) is 24.2. The van der Waals surface area contributed by atoms with E-state index in [1.54, 1.807) is 49.9 Å². The Labute approximate surface area is 200 Å². The van der Waals surface area contributed by atoms with E-state index >= 15 is 0 Å². The molecule has 0 aromatic heterocycles. The van der Waals surface area contributed by atoms with E-state index in [1.807, 2.05) is 54.6 Å². The molecule has 0 saturated carbocycles. The Morgan fingerprint density at radius 2 is 1.56 bits per heavy atom. The zero-order chi connectivity index (χ0) is 24.3. The maximum absolute atomic E-state index is 14.0. The summed E-state index contributed by atoms with van der Waals surface area (Å²) in [5.74, 6) is -0.992. The first-order valence-electron chi connectivity index (χ1n) is 11.4. The van der Waals surface area contributed by atoms with E-state index in [-0.39, 0.29) is 12.2 Å². The molecule has 0 saturated heterocycles. The van der Waals surface area contributed by atoms with Gasteiger partial charge in [-0.05, 0) is 50.5 Å². The van der Waals surface area contributed by atoms with Crippen molar-refractivity contribution < 1.29 is 19.1 Å². The van der Waals surface area contributed by atoms with E-state index in [1.165, 1.54) is 0 Å². The van der Waals surface area contributed by atoms with Crippen molar-refractivity contribution in [3.63, 3.8) is 0 Å². The first kappa shape index (κ1) is 23.5. The van der Waals surface area contributed by atoms with Crippen LogP contribution in [0.2, 0.25) is 0 Å². The van der Waals surface area contributed by atoms with Gasteiger partial charge in [0.05, 0.1) is 0 Å². The predicted molar refractivity (Wildman–Crippen MR) is 131 cm³/mol. The minimum atomic E-state index is -2.09. The Hall–Kier alpha value is -3.64. The lowest BCUT2D eigenvalue weighted by Crippen LogP contribution is -2.59. The van der Waals surface area contributed by atoms with Crippen LogP contribution < -0.4 is 15.4 Å². The number of para-hydroxylation sites is 2. The number of fused-ring (bicyclic) bond motifs is 1. The molecule has 0 radical (unpaired) electrons. The summed E-state index contributed by atoms with van der Waals surface area (Å²) >= 11 is 0. The number of hydrogen-bond donors (Lipinski definition) is 1. The number of esters is 1. The first-order chi connectivity index (χ1) is 16.2. The fraction of sp³-hybridized carbons (Fsp3) is 0.286. The number of carbonyl (C=O) groups excluding carboxylic acids is 2. The molecule has 1 heterocycles. The van der Waals surface area contributed by atoms with Crippen molar-refractivity contribution in [2.24, 2.45) is 5.73 Å². The molecule has 0 aliphatic carbocycles. The van der Waals surface area contributed by atoms with Crippen molar-refractivity contribution >= 4 is 17.6 Å². The monoisotopic (exact) mass is 458 g/mol. The van der Waals surface area contributed by atoms with Crippen LogP contribution in [-0.2, 0) is 32.9 Å². The van der Waals surface area contributed by atoms with Crippen LogP contribution in [0.3, 0.4) is 0 Å². The molecular formula is C28H30N2O4. The highest BCUT2D eigenvalue weighted by Crippen LogP contribution is 2.36. The number of nitrogens with zero attached hydrogens (tertiary/aromatic N) is 1. The van der Waals surface area contributed by atoms with Crippen LogP contribution in [0, 0.1) is 0 Å². The van der Waals surface area contributed by atoms with Crippen molar-refractivity contribution in [3.8, 4) is 5.75 Å². The third-order valence-electron chi connectivity index (χ3n) is 5.74. The van der Waals surface area contributed by atoms with Gasteiger partial charge in [-0.2, -0.15) is 0 Å². The second kappa shape index (κ2) is 9.31. The lowest BCUT2D eigenvalue weighted by Gasteiger charge is -2.34. The summed E-state index contributed by atoms with van der Waals surface area (Å²) in [5, 5.41) is 0. The van der Waals surface area contributed by atoms with Crippen LogP contribution in [0.25, 0.3) is 0 Å². The maximum atomic E-state index is 14.0. The van der Waals surface area contributed by atoms with Crippen LogP contribution >= 0.6 is 0 Å². The highest BCUT2D eigenvalue weighted by atomic mass is 16.6. The fourth-order valence-corrected chi connectivity index (χ4v) is 4.09. The van der Waals surface area contributed by atoms with E-state index < -0.39 is 23.0 Å². The van der Waals surface area contributed by atoms with Gasteiger partial charge in [-0.3, -0.25) is 4.79 Å². The van der Waals surface area contributed by atoms with Gasteiger partial charge in [-0.1, -0.05) is 66.7 Å². The van der Waals surface area contributed by atoms with Crippen LogP contribution in [0.5, 0.6) is 5.75 Å². The van der Waals surface area contributed by atoms with E-state index in [4.69, 9.17) is 15.2 Å². The summed E-state index contributed by atoms with van der Waals surface area (Å²) in [6.07, 6.45) is 0.693. The molecule has 1 atom stereocenters. The highest BCUT2D eigenvalue weighted by molar-refractivity contribution is 6.15. The molecule has 0 bridgehead atoms. The van der Waals surface area contributed by atoms with Crippen molar-refractivity contribution in [3.05, 3.63) is 95.6 Å². The summed E-state index contributed by atoms with van der Waals surface area (Å²) in [6.45, 7) is 5.95. The zero-order valence-electron chi connectivity index (χ0n) is 19.8. The number of benzene rings is 3. The third kappa shape index (κ3) is 4.68. The number of rotatable bonds is 6. The molecule has 3 aromatic carbocycles. The minimum absolute atomic E-state index is 0.267. The first-order valence-corrected chi connectivity index (χ1v) is 11.4. The number of amides is 1. The smallest absolute Gasteiger partial charge is 0.341 e. The van der Waals surface area contributed by atoms with E-state index in [0.29, 0.717) is 18.7 Å². The molecule has 1 aliphatic heterocycles. The van der Waals surface area contributed by atoms with Gasteiger partial charge in [0.25, 0.3) is 5.91 Å². The molecule has 2 N–H and O–H groups in total. The number of hydrogen-bond acceptors (Lipinski definition) is 5. The van der Waals surface area contributed by atoms with Crippen LogP contribution in [-0.4, -0.2) is 24.0 Å². The van der Waals surface area contributed by atoms with Gasteiger partial charge in [-0.15, -0.1) is 0 Å². The minimum Gasteiger partial charge on any atom is -0.489 e. The molecule has 0 spiro atoms. The Kier molecular flexibility index (Phi) is 6.44. The standard InChI is InChI=1S/C28H30N2O4/c1-27(2,3)34-26(32)28(29,25(31)30-18-17-21-13-7-9-15-23(21)30)22-14-8-10-16-24(22)33-19-20-11-5-4-6-12-20/h4-16H,17-19,29H2,1-3H3/t28-/m0/s1. The van der Waals surface area contributed by atoms with E-state index in [2.05, 4.69) is 0 Å². The summed E-state index contributed by atoms with van der Waals surface area (Å²) in [4.78, 5) is 29.2. The molecule has 34 heavy (non-hydrogen) atoms. The number of ether oxygens (including phenoxy) is 2. The quantitative estimate of drug-likeness (QED) is 0.439. The molecular weight excluding hydrogens is 428 g/mol. The second-order valence-electron chi connectivity index (χ2n) is 9.42. The van der Waals surface area contributed by atoms with Gasteiger partial charge in [0.2, 0.25) is 5.54 Å². The second-order valence-corrected chi connectivity index (χ2v) is 9.42. The highest BCUT2D eigenvalue weighted by Gasteiger charge is 2.51. The molecule has 3 aromatic rings. The summed E-state index contributed by atoms with van der Waals surface area (Å²) in [5.41, 5.74) is 6.88. The van der Waals surface area contributed by atoms with E-state index in [0.717, 1.165) is 16.8 Å². The van der Waals surface area contributed by atoms with Gasteiger partial charge in [0, 0.05) is 17.8 Å². The number of carbonyl (C=O) groups is 2.